The van der Waals surface area contributed by atoms with Gasteiger partial charge in [0.15, 0.2) is 0 Å². The van der Waals surface area contributed by atoms with Crippen LogP contribution in [-0.4, -0.2) is 31.6 Å². The number of rotatable bonds is 4. The van der Waals surface area contributed by atoms with Gasteiger partial charge in [-0.25, -0.2) is 12.8 Å². The monoisotopic (exact) mass is 489 g/mol. The third kappa shape index (κ3) is 4.74. The summed E-state index contributed by atoms with van der Waals surface area (Å²) < 4.78 is 41.2. The van der Waals surface area contributed by atoms with Crippen molar-refractivity contribution in [1.29, 1.82) is 0 Å². The minimum atomic E-state index is -3.35. The highest BCUT2D eigenvalue weighted by Gasteiger charge is 2.24. The van der Waals surface area contributed by atoms with Crippen molar-refractivity contribution >= 4 is 38.1 Å². The highest BCUT2D eigenvalue weighted by Crippen LogP contribution is 2.31. The van der Waals surface area contributed by atoms with E-state index in [0.29, 0.717) is 41.2 Å². The van der Waals surface area contributed by atoms with Crippen LogP contribution in [-0.2, 0) is 10.0 Å². The third-order valence-corrected chi connectivity index (χ3v) is 8.04. The number of aromatic nitrogens is 1. The summed E-state index contributed by atoms with van der Waals surface area (Å²) in [6, 6.07) is 20.3. The van der Waals surface area contributed by atoms with E-state index in [2.05, 4.69) is 10.3 Å². The van der Waals surface area contributed by atoms with Gasteiger partial charge in [-0.3, -0.25) is 14.1 Å². The van der Waals surface area contributed by atoms with Gasteiger partial charge in [0.1, 0.15) is 5.82 Å². The van der Waals surface area contributed by atoms with Gasteiger partial charge < -0.3 is 5.32 Å². The summed E-state index contributed by atoms with van der Waals surface area (Å²) >= 11 is 0. The molecule has 0 spiro atoms. The largest absolute Gasteiger partial charge is 0.322 e. The van der Waals surface area contributed by atoms with Gasteiger partial charge in [-0.15, -0.1) is 0 Å². The third-order valence-electron chi connectivity index (χ3n) is 6.17. The van der Waals surface area contributed by atoms with E-state index in [-0.39, 0.29) is 11.7 Å². The van der Waals surface area contributed by atoms with E-state index < -0.39 is 15.8 Å². The second-order valence-electron chi connectivity index (χ2n) is 8.53. The Morgan fingerprint density at radius 3 is 2.57 bits per heavy atom. The quantitative estimate of drug-likeness (QED) is 0.404. The smallest absolute Gasteiger partial charge is 0.255 e. The van der Waals surface area contributed by atoms with Crippen molar-refractivity contribution in [1.82, 2.24) is 4.98 Å². The maximum Gasteiger partial charge on any atom is 0.255 e. The van der Waals surface area contributed by atoms with Crippen LogP contribution in [0.4, 0.5) is 15.8 Å². The zero-order valence-corrected chi connectivity index (χ0v) is 19.8. The van der Waals surface area contributed by atoms with Crippen LogP contribution >= 0.6 is 0 Å². The molecule has 2 heterocycles. The van der Waals surface area contributed by atoms with E-state index in [1.165, 1.54) is 16.4 Å². The molecular formula is C27H24FN3O3S. The maximum atomic E-state index is 14.8. The van der Waals surface area contributed by atoms with E-state index >= 15 is 0 Å². The van der Waals surface area contributed by atoms with Gasteiger partial charge in [-0.2, -0.15) is 0 Å². The van der Waals surface area contributed by atoms with Crippen molar-refractivity contribution in [3.8, 4) is 11.3 Å². The second kappa shape index (κ2) is 9.46. The fourth-order valence-electron chi connectivity index (χ4n) is 4.36. The van der Waals surface area contributed by atoms with E-state index in [4.69, 9.17) is 0 Å². The van der Waals surface area contributed by atoms with Crippen LogP contribution in [0.1, 0.15) is 29.6 Å². The van der Waals surface area contributed by atoms with E-state index in [9.17, 15) is 17.6 Å². The summed E-state index contributed by atoms with van der Waals surface area (Å²) in [7, 11) is -3.35. The number of halogens is 1. The molecule has 178 valence electrons. The predicted molar refractivity (Wildman–Crippen MR) is 137 cm³/mol. The number of amides is 1. The first kappa shape index (κ1) is 23.0. The number of pyridine rings is 1. The molecule has 3 aromatic carbocycles. The normalized spacial score (nSPS) is 15.5. The first-order chi connectivity index (χ1) is 16.9. The van der Waals surface area contributed by atoms with Crippen molar-refractivity contribution in [3.05, 3.63) is 90.4 Å². The number of sulfonamides is 1. The number of anilines is 2. The average molecular weight is 490 g/mol. The molecule has 8 heteroatoms. The number of carbonyl (C=O) groups excluding carboxylic acids is 1. The fourth-order valence-corrected chi connectivity index (χ4v) is 6.00. The van der Waals surface area contributed by atoms with Crippen LogP contribution in [0, 0.1) is 5.82 Å². The lowest BCUT2D eigenvalue weighted by molar-refractivity contribution is 0.102. The van der Waals surface area contributed by atoms with Crippen LogP contribution in [0.2, 0.25) is 0 Å². The SMILES string of the molecule is O=C(Nc1ccc(F)c(-c2nccc3ccccc23)c1)c1ccc(N2CCCCCS2(=O)=O)cc1. The molecule has 0 saturated carbocycles. The molecule has 0 unspecified atom stereocenters. The van der Waals surface area contributed by atoms with Crippen molar-refractivity contribution in [2.24, 2.45) is 0 Å². The lowest BCUT2D eigenvalue weighted by atomic mass is 10.0. The van der Waals surface area contributed by atoms with Crippen LogP contribution < -0.4 is 9.62 Å². The highest BCUT2D eigenvalue weighted by atomic mass is 32.2. The number of benzene rings is 3. The molecule has 0 bridgehead atoms. The molecule has 6 nitrogen and oxygen atoms in total. The second-order valence-corrected chi connectivity index (χ2v) is 10.5. The summed E-state index contributed by atoms with van der Waals surface area (Å²) in [6.07, 6.45) is 3.98. The minimum Gasteiger partial charge on any atom is -0.322 e. The van der Waals surface area contributed by atoms with Crippen molar-refractivity contribution in [2.75, 3.05) is 21.9 Å². The molecule has 0 radical (unpaired) electrons. The predicted octanol–water partition coefficient (Wildman–Crippen LogP) is 5.61. The Kier molecular flexibility index (Phi) is 6.21. The van der Waals surface area contributed by atoms with Crippen molar-refractivity contribution < 1.29 is 17.6 Å². The molecule has 4 aromatic rings. The molecule has 1 aliphatic heterocycles. The Hall–Kier alpha value is -3.78. The molecule has 1 aromatic heterocycles. The van der Waals surface area contributed by atoms with Gasteiger partial charge in [0.25, 0.3) is 5.91 Å². The molecule has 1 aliphatic rings. The summed E-state index contributed by atoms with van der Waals surface area (Å²) in [5, 5.41) is 4.56. The van der Waals surface area contributed by atoms with Crippen molar-refractivity contribution in [3.63, 3.8) is 0 Å². The first-order valence-electron chi connectivity index (χ1n) is 11.5. The zero-order chi connectivity index (χ0) is 24.4. The van der Waals surface area contributed by atoms with Crippen LogP contribution in [0.15, 0.2) is 79.0 Å². The number of nitrogens with one attached hydrogen (secondary N) is 1. The number of nitrogens with zero attached hydrogens (tertiary/aromatic N) is 2. The zero-order valence-electron chi connectivity index (χ0n) is 18.9. The summed E-state index contributed by atoms with van der Waals surface area (Å²) in [5.41, 5.74) is 2.14. The standard InChI is InChI=1S/C27H24FN3O3S/c28-25-13-10-21(18-24(25)26-23-7-3-2-6-19(23)14-15-29-26)30-27(32)20-8-11-22(12-9-20)31-16-4-1-5-17-35(31,33)34/h2-3,6-15,18H,1,4-5,16-17H2,(H,30,32). The van der Waals surface area contributed by atoms with Gasteiger partial charge in [0.05, 0.1) is 17.1 Å². The first-order valence-corrected chi connectivity index (χ1v) is 13.1. The number of carbonyl (C=O) groups is 1. The Morgan fingerprint density at radius 2 is 1.74 bits per heavy atom. The summed E-state index contributed by atoms with van der Waals surface area (Å²) in [4.78, 5) is 17.3. The maximum absolute atomic E-state index is 14.8. The number of fused-ring (bicyclic) bond motifs is 1. The average Bonchev–Trinajstić information content (AvgIpc) is 3.05. The topological polar surface area (TPSA) is 79.4 Å². The Morgan fingerprint density at radius 1 is 0.943 bits per heavy atom. The van der Waals surface area contributed by atoms with Gasteiger partial charge in [-0.1, -0.05) is 30.7 Å². The summed E-state index contributed by atoms with van der Waals surface area (Å²) in [5.74, 6) is -0.679. The fraction of sp³-hybridized carbons (Fsp3) is 0.185. The van der Waals surface area contributed by atoms with Gasteiger partial charge in [-0.05, 0) is 66.8 Å². The molecular weight excluding hydrogens is 465 g/mol. The Balaban J connectivity index is 1.39. The molecule has 0 atom stereocenters. The summed E-state index contributed by atoms with van der Waals surface area (Å²) in [6.45, 7) is 0.439. The number of hydrogen-bond donors (Lipinski definition) is 1. The molecule has 1 N–H and O–H groups in total. The van der Waals surface area contributed by atoms with E-state index in [1.807, 2.05) is 30.3 Å². The minimum absolute atomic E-state index is 0.133. The van der Waals surface area contributed by atoms with Crippen LogP contribution in [0.5, 0.6) is 0 Å². The lowest BCUT2D eigenvalue weighted by Crippen LogP contribution is -2.32. The van der Waals surface area contributed by atoms with Crippen molar-refractivity contribution in [2.45, 2.75) is 19.3 Å². The molecule has 1 amide bonds. The van der Waals surface area contributed by atoms with E-state index in [1.54, 1.807) is 36.5 Å². The Bertz CT molecular complexity index is 1500. The molecule has 0 aliphatic carbocycles. The molecule has 1 saturated heterocycles. The number of hydrogen-bond acceptors (Lipinski definition) is 4. The van der Waals surface area contributed by atoms with Gasteiger partial charge in [0, 0.05) is 34.9 Å². The van der Waals surface area contributed by atoms with Crippen LogP contribution in [0.25, 0.3) is 22.0 Å². The van der Waals surface area contributed by atoms with Crippen LogP contribution in [0.3, 0.4) is 0 Å². The molecule has 5 rings (SSSR count). The highest BCUT2D eigenvalue weighted by molar-refractivity contribution is 7.92. The van der Waals surface area contributed by atoms with Gasteiger partial charge >= 0.3 is 0 Å². The Labute approximate surface area is 203 Å². The van der Waals surface area contributed by atoms with Gasteiger partial charge in [0.2, 0.25) is 10.0 Å². The lowest BCUT2D eigenvalue weighted by Gasteiger charge is -2.22. The molecule has 35 heavy (non-hydrogen) atoms. The molecule has 1 fully saturated rings. The van der Waals surface area contributed by atoms with E-state index in [0.717, 1.165) is 23.6 Å².